The van der Waals surface area contributed by atoms with E-state index in [4.69, 9.17) is 4.74 Å². The molecule has 1 fully saturated rings. The van der Waals surface area contributed by atoms with Crippen molar-refractivity contribution in [3.05, 3.63) is 34.9 Å². The van der Waals surface area contributed by atoms with Crippen LogP contribution in [0.2, 0.25) is 0 Å². The number of piperazine rings is 1. The van der Waals surface area contributed by atoms with E-state index in [1.807, 2.05) is 20.8 Å². The van der Waals surface area contributed by atoms with Crippen molar-refractivity contribution in [1.29, 1.82) is 0 Å². The van der Waals surface area contributed by atoms with Gasteiger partial charge in [0.05, 0.1) is 6.54 Å². The lowest BCUT2D eigenvalue weighted by Crippen LogP contribution is -2.43. The fourth-order valence-corrected chi connectivity index (χ4v) is 3.21. The van der Waals surface area contributed by atoms with Crippen molar-refractivity contribution >= 4 is 6.09 Å². The summed E-state index contributed by atoms with van der Waals surface area (Å²) in [6.45, 7) is 12.3. The molecule has 3 rings (SSSR count). The third kappa shape index (κ3) is 4.03. The van der Waals surface area contributed by atoms with Crippen LogP contribution in [0.1, 0.15) is 37.5 Å². The number of fused-ring (bicyclic) bond motifs is 1. The summed E-state index contributed by atoms with van der Waals surface area (Å²) in [5, 5.41) is 3.39. The van der Waals surface area contributed by atoms with Gasteiger partial charge in [0.2, 0.25) is 0 Å². The monoisotopic (exact) mass is 317 g/mol. The van der Waals surface area contributed by atoms with E-state index in [-0.39, 0.29) is 6.09 Å². The molecular formula is C18H27N3O2. The zero-order valence-corrected chi connectivity index (χ0v) is 14.4. The summed E-state index contributed by atoms with van der Waals surface area (Å²) < 4.78 is 5.51. The molecule has 0 atom stereocenters. The standard InChI is InChI=1S/C18H27N3O2/c1-18(2,3)23-17(22)21-12-15-6-4-5-14(16(15)13-21)11-20-9-7-19-8-10-20/h4-6,19H,7-13H2,1-3H3. The second kappa shape index (κ2) is 6.49. The highest BCUT2D eigenvalue weighted by atomic mass is 16.6. The van der Waals surface area contributed by atoms with Gasteiger partial charge >= 0.3 is 6.09 Å². The molecule has 1 aromatic carbocycles. The van der Waals surface area contributed by atoms with Crippen LogP contribution in [0.3, 0.4) is 0 Å². The van der Waals surface area contributed by atoms with Crippen molar-refractivity contribution in [1.82, 2.24) is 15.1 Å². The first kappa shape index (κ1) is 16.3. The van der Waals surface area contributed by atoms with Gasteiger partial charge < -0.3 is 10.1 Å². The maximum absolute atomic E-state index is 12.3. The first-order valence-corrected chi connectivity index (χ1v) is 8.43. The van der Waals surface area contributed by atoms with Gasteiger partial charge in [-0.3, -0.25) is 9.80 Å². The second-order valence-electron chi connectivity index (χ2n) is 7.42. The largest absolute Gasteiger partial charge is 0.444 e. The van der Waals surface area contributed by atoms with Crippen molar-refractivity contribution < 1.29 is 9.53 Å². The van der Waals surface area contributed by atoms with Gasteiger partial charge in [0.25, 0.3) is 0 Å². The molecule has 1 amide bonds. The van der Waals surface area contributed by atoms with Gasteiger partial charge in [0.15, 0.2) is 0 Å². The van der Waals surface area contributed by atoms with Crippen molar-refractivity contribution in [2.24, 2.45) is 0 Å². The van der Waals surface area contributed by atoms with Crippen LogP contribution in [-0.2, 0) is 24.4 Å². The Hall–Kier alpha value is -1.59. The van der Waals surface area contributed by atoms with E-state index in [0.29, 0.717) is 13.1 Å². The lowest BCUT2D eigenvalue weighted by Gasteiger charge is -2.28. The Labute approximate surface area is 138 Å². The molecule has 1 N–H and O–H groups in total. The lowest BCUT2D eigenvalue weighted by molar-refractivity contribution is 0.0241. The fraction of sp³-hybridized carbons (Fsp3) is 0.611. The first-order valence-electron chi connectivity index (χ1n) is 8.43. The number of benzene rings is 1. The molecule has 5 heteroatoms. The number of nitrogens with zero attached hydrogens (tertiary/aromatic N) is 2. The Morgan fingerprint density at radius 1 is 1.22 bits per heavy atom. The fourth-order valence-electron chi connectivity index (χ4n) is 3.21. The number of rotatable bonds is 2. The molecule has 2 aliphatic rings. The summed E-state index contributed by atoms with van der Waals surface area (Å²) in [6, 6.07) is 6.43. The predicted octanol–water partition coefficient (Wildman–Crippen LogP) is 2.34. The van der Waals surface area contributed by atoms with Gasteiger partial charge in [-0.25, -0.2) is 4.79 Å². The highest BCUT2D eigenvalue weighted by Gasteiger charge is 2.29. The van der Waals surface area contributed by atoms with E-state index in [1.165, 1.54) is 16.7 Å². The van der Waals surface area contributed by atoms with Crippen LogP contribution in [0.15, 0.2) is 18.2 Å². The third-order valence-corrected chi connectivity index (χ3v) is 4.34. The summed E-state index contributed by atoms with van der Waals surface area (Å²) in [5.74, 6) is 0. The Morgan fingerprint density at radius 3 is 2.65 bits per heavy atom. The van der Waals surface area contributed by atoms with Gasteiger partial charge in [0, 0.05) is 39.3 Å². The molecule has 23 heavy (non-hydrogen) atoms. The van der Waals surface area contributed by atoms with E-state index in [0.717, 1.165) is 32.7 Å². The maximum Gasteiger partial charge on any atom is 0.410 e. The number of hydrogen-bond acceptors (Lipinski definition) is 4. The number of amides is 1. The minimum absolute atomic E-state index is 0.221. The highest BCUT2D eigenvalue weighted by Crippen LogP contribution is 2.28. The van der Waals surface area contributed by atoms with Crippen LogP contribution in [0.4, 0.5) is 4.79 Å². The Bertz CT molecular complexity index is 574. The Morgan fingerprint density at radius 2 is 1.96 bits per heavy atom. The van der Waals surface area contributed by atoms with Gasteiger partial charge in [-0.1, -0.05) is 18.2 Å². The molecule has 1 saturated heterocycles. The summed E-state index contributed by atoms with van der Waals surface area (Å²) in [7, 11) is 0. The normalized spacial score (nSPS) is 18.8. The van der Waals surface area contributed by atoms with Crippen LogP contribution in [0, 0.1) is 0 Å². The number of ether oxygens (including phenoxy) is 1. The Kier molecular flexibility index (Phi) is 4.60. The van der Waals surface area contributed by atoms with Crippen LogP contribution < -0.4 is 5.32 Å². The van der Waals surface area contributed by atoms with Crippen molar-refractivity contribution in [2.75, 3.05) is 26.2 Å². The lowest BCUT2D eigenvalue weighted by atomic mass is 10.0. The minimum Gasteiger partial charge on any atom is -0.444 e. The number of carbonyl (C=O) groups excluding carboxylic acids is 1. The summed E-state index contributed by atoms with van der Waals surface area (Å²) >= 11 is 0. The zero-order valence-electron chi connectivity index (χ0n) is 14.4. The quantitative estimate of drug-likeness (QED) is 0.909. The summed E-state index contributed by atoms with van der Waals surface area (Å²) in [6.07, 6.45) is -0.221. The number of nitrogens with one attached hydrogen (secondary N) is 1. The van der Waals surface area contributed by atoms with Crippen LogP contribution in [0.5, 0.6) is 0 Å². The molecular weight excluding hydrogens is 290 g/mol. The molecule has 0 bridgehead atoms. The zero-order chi connectivity index (χ0) is 16.4. The molecule has 0 unspecified atom stereocenters. The average molecular weight is 317 g/mol. The third-order valence-electron chi connectivity index (χ3n) is 4.34. The van der Waals surface area contributed by atoms with Crippen molar-refractivity contribution in [3.63, 3.8) is 0 Å². The minimum atomic E-state index is -0.449. The number of carbonyl (C=O) groups is 1. The van der Waals surface area contributed by atoms with Gasteiger partial charge in [0.1, 0.15) is 5.60 Å². The van der Waals surface area contributed by atoms with Gasteiger partial charge in [-0.2, -0.15) is 0 Å². The second-order valence-corrected chi connectivity index (χ2v) is 7.42. The van der Waals surface area contributed by atoms with Gasteiger partial charge in [-0.05, 0) is 37.5 Å². The van der Waals surface area contributed by atoms with E-state index in [1.54, 1.807) is 4.90 Å². The average Bonchev–Trinajstić information content (AvgIpc) is 2.92. The predicted molar refractivity (Wildman–Crippen MR) is 90.1 cm³/mol. The molecule has 0 saturated carbocycles. The topological polar surface area (TPSA) is 44.8 Å². The molecule has 2 heterocycles. The molecule has 5 nitrogen and oxygen atoms in total. The highest BCUT2D eigenvalue weighted by molar-refractivity contribution is 5.69. The maximum atomic E-state index is 12.3. The first-order chi connectivity index (χ1) is 10.9. The van der Waals surface area contributed by atoms with Crippen LogP contribution in [0.25, 0.3) is 0 Å². The van der Waals surface area contributed by atoms with E-state index in [2.05, 4.69) is 28.4 Å². The molecule has 126 valence electrons. The molecule has 0 spiro atoms. The summed E-state index contributed by atoms with van der Waals surface area (Å²) in [4.78, 5) is 16.6. The molecule has 0 aliphatic carbocycles. The molecule has 1 aromatic rings. The van der Waals surface area contributed by atoms with Crippen LogP contribution >= 0.6 is 0 Å². The Balaban J connectivity index is 1.69. The molecule has 0 aromatic heterocycles. The van der Waals surface area contributed by atoms with Crippen LogP contribution in [-0.4, -0.2) is 47.7 Å². The van der Waals surface area contributed by atoms with E-state index >= 15 is 0 Å². The van der Waals surface area contributed by atoms with E-state index in [9.17, 15) is 4.79 Å². The number of hydrogen-bond donors (Lipinski definition) is 1. The smallest absolute Gasteiger partial charge is 0.410 e. The van der Waals surface area contributed by atoms with Gasteiger partial charge in [-0.15, -0.1) is 0 Å². The van der Waals surface area contributed by atoms with Crippen molar-refractivity contribution in [2.45, 2.75) is 46.0 Å². The summed E-state index contributed by atoms with van der Waals surface area (Å²) in [5.41, 5.74) is 3.45. The SMILES string of the molecule is CC(C)(C)OC(=O)N1Cc2cccc(CN3CCNCC3)c2C1. The van der Waals surface area contributed by atoms with E-state index < -0.39 is 5.60 Å². The van der Waals surface area contributed by atoms with Crippen molar-refractivity contribution in [3.8, 4) is 0 Å². The molecule has 2 aliphatic heterocycles. The molecule has 0 radical (unpaired) electrons.